The van der Waals surface area contributed by atoms with Gasteiger partial charge in [0, 0.05) is 30.2 Å². The van der Waals surface area contributed by atoms with E-state index in [1.54, 1.807) is 0 Å². The van der Waals surface area contributed by atoms with Gasteiger partial charge in [0.05, 0.1) is 11.3 Å². The van der Waals surface area contributed by atoms with Crippen LogP contribution in [0.2, 0.25) is 0 Å². The van der Waals surface area contributed by atoms with Gasteiger partial charge in [-0.05, 0) is 84.3 Å². The average molecular weight is 493 g/mol. The molecule has 2 aliphatic rings. The normalized spacial score (nSPS) is 22.9. The van der Waals surface area contributed by atoms with Crippen molar-refractivity contribution in [3.63, 3.8) is 0 Å². The number of ether oxygens (including phenoxy) is 1. The molecule has 4 rings (SSSR count). The molecule has 1 aliphatic carbocycles. The van der Waals surface area contributed by atoms with Gasteiger partial charge < -0.3 is 15.0 Å². The number of likely N-dealkylation sites (tertiary alicyclic amines) is 1. The van der Waals surface area contributed by atoms with E-state index in [9.17, 15) is 9.59 Å². The van der Waals surface area contributed by atoms with Crippen molar-refractivity contribution in [2.24, 2.45) is 11.3 Å². The van der Waals surface area contributed by atoms with Crippen molar-refractivity contribution in [2.45, 2.75) is 78.9 Å². The van der Waals surface area contributed by atoms with Crippen LogP contribution in [0.1, 0.15) is 78.1 Å². The lowest BCUT2D eigenvalue weighted by atomic mass is 9.69. The third-order valence-electron chi connectivity index (χ3n) is 6.93. The Morgan fingerprint density at radius 2 is 1.92 bits per heavy atom. The monoisotopic (exact) mass is 492 g/mol. The number of carbonyl (C=O) groups is 2. The molecule has 0 radical (unpaired) electrons. The van der Waals surface area contributed by atoms with Crippen molar-refractivity contribution in [1.29, 1.82) is 0 Å². The Labute approximate surface area is 214 Å². The maximum Gasteiger partial charge on any atom is 0.410 e. The first kappa shape index (κ1) is 26.0. The minimum Gasteiger partial charge on any atom is -0.444 e. The largest absolute Gasteiger partial charge is 0.444 e. The summed E-state index contributed by atoms with van der Waals surface area (Å²) in [6.45, 7) is 15.3. The zero-order valence-corrected chi connectivity index (χ0v) is 22.7. The number of amides is 2. The summed E-state index contributed by atoms with van der Waals surface area (Å²) < 4.78 is 7.48. The number of hydrogen-bond acceptors (Lipinski definition) is 4. The summed E-state index contributed by atoms with van der Waals surface area (Å²) in [5, 5.41) is 8.75. The Kier molecular flexibility index (Phi) is 6.80. The van der Waals surface area contributed by atoms with Gasteiger partial charge in [-0.1, -0.05) is 31.2 Å². The Morgan fingerprint density at radius 3 is 2.56 bits per heavy atom. The molecule has 1 aliphatic heterocycles. The van der Waals surface area contributed by atoms with Gasteiger partial charge in [0.1, 0.15) is 11.1 Å². The van der Waals surface area contributed by atoms with Gasteiger partial charge in [-0.2, -0.15) is 5.10 Å². The average Bonchev–Trinajstić information content (AvgIpc) is 3.21. The quantitative estimate of drug-likeness (QED) is 0.568. The molecule has 1 aromatic heterocycles. The number of nitrogens with zero attached hydrogens (tertiary/aromatic N) is 3. The number of piperidine rings is 1. The van der Waals surface area contributed by atoms with Crippen molar-refractivity contribution in [1.82, 2.24) is 20.0 Å². The van der Waals surface area contributed by atoms with Gasteiger partial charge in [-0.3, -0.25) is 4.79 Å². The minimum atomic E-state index is -0.489. The van der Waals surface area contributed by atoms with Crippen LogP contribution in [0.25, 0.3) is 16.6 Å². The van der Waals surface area contributed by atoms with Crippen molar-refractivity contribution in [2.75, 3.05) is 13.1 Å². The molecule has 1 fully saturated rings. The van der Waals surface area contributed by atoms with E-state index in [-0.39, 0.29) is 23.0 Å². The Hall–Kier alpha value is -3.09. The summed E-state index contributed by atoms with van der Waals surface area (Å²) in [7, 11) is 0. The SMILES string of the molecule is CC(C)(C)NC(=O)c1cccc2cn(C3=CCC(C)([C@@H]4CCCN(C(=O)OC(C)(C)C)C4)C=C3)nc12. The fourth-order valence-electron chi connectivity index (χ4n) is 4.99. The highest BCUT2D eigenvalue weighted by molar-refractivity contribution is 6.05. The maximum atomic E-state index is 12.8. The number of hydrogen-bond donors (Lipinski definition) is 1. The lowest BCUT2D eigenvalue weighted by Gasteiger charge is -2.42. The number of nitrogens with one attached hydrogen (secondary N) is 1. The molecule has 2 amide bonds. The van der Waals surface area contributed by atoms with E-state index in [4.69, 9.17) is 9.84 Å². The predicted molar refractivity (Wildman–Crippen MR) is 144 cm³/mol. The van der Waals surface area contributed by atoms with E-state index in [1.807, 2.05) is 75.5 Å². The Balaban J connectivity index is 1.50. The lowest BCUT2D eigenvalue weighted by Crippen LogP contribution is -2.46. The van der Waals surface area contributed by atoms with E-state index >= 15 is 0 Å². The highest BCUT2D eigenvalue weighted by Crippen LogP contribution is 2.42. The lowest BCUT2D eigenvalue weighted by molar-refractivity contribution is 0.00967. The summed E-state index contributed by atoms with van der Waals surface area (Å²) in [6, 6.07) is 5.70. The molecule has 2 atom stereocenters. The van der Waals surface area contributed by atoms with Crippen LogP contribution in [0.15, 0.2) is 42.6 Å². The van der Waals surface area contributed by atoms with Gasteiger partial charge >= 0.3 is 6.09 Å². The van der Waals surface area contributed by atoms with Gasteiger partial charge in [0.25, 0.3) is 5.91 Å². The van der Waals surface area contributed by atoms with E-state index in [0.29, 0.717) is 23.5 Å². The second kappa shape index (κ2) is 9.41. The molecule has 7 heteroatoms. The maximum absolute atomic E-state index is 12.8. The van der Waals surface area contributed by atoms with E-state index in [2.05, 4.69) is 30.5 Å². The number of rotatable bonds is 3. The third kappa shape index (κ3) is 5.82. The molecule has 1 aromatic carbocycles. The van der Waals surface area contributed by atoms with Crippen LogP contribution in [-0.2, 0) is 4.74 Å². The number of allylic oxidation sites excluding steroid dienone is 4. The third-order valence-corrected chi connectivity index (χ3v) is 6.93. The van der Waals surface area contributed by atoms with Crippen LogP contribution < -0.4 is 5.32 Å². The first-order valence-corrected chi connectivity index (χ1v) is 12.9. The standard InChI is InChI=1S/C29H40N4O3/c1-27(2,3)30-25(34)23-12-8-10-20-18-33(31-24(20)23)22-13-15-29(7,16-14-22)21-11-9-17-32(19-21)26(35)36-28(4,5)6/h8,10,12-15,18,21H,9,11,16-17,19H2,1-7H3,(H,30,34)/t21-,29?/m1/s1. The Morgan fingerprint density at radius 1 is 1.17 bits per heavy atom. The molecular formula is C29H40N4O3. The molecule has 1 N–H and O–H groups in total. The molecule has 194 valence electrons. The predicted octanol–water partition coefficient (Wildman–Crippen LogP) is 6.02. The molecule has 1 saturated heterocycles. The van der Waals surface area contributed by atoms with Crippen LogP contribution in [0, 0.1) is 11.3 Å². The molecule has 7 nitrogen and oxygen atoms in total. The fraction of sp³-hybridized carbons (Fsp3) is 0.552. The smallest absolute Gasteiger partial charge is 0.410 e. The van der Waals surface area contributed by atoms with Gasteiger partial charge in [0.2, 0.25) is 0 Å². The summed E-state index contributed by atoms with van der Waals surface area (Å²) in [4.78, 5) is 27.4. The molecule has 0 saturated carbocycles. The number of fused-ring (bicyclic) bond motifs is 1. The summed E-state index contributed by atoms with van der Waals surface area (Å²) in [5.41, 5.74) is 1.41. The zero-order valence-electron chi connectivity index (χ0n) is 22.7. The highest BCUT2D eigenvalue weighted by atomic mass is 16.6. The highest BCUT2D eigenvalue weighted by Gasteiger charge is 2.38. The molecule has 1 unspecified atom stereocenters. The summed E-state index contributed by atoms with van der Waals surface area (Å²) in [5.74, 6) is 0.239. The van der Waals surface area contributed by atoms with E-state index < -0.39 is 5.60 Å². The second-order valence-electron chi connectivity index (χ2n) is 12.5. The van der Waals surface area contributed by atoms with Crippen LogP contribution in [0.4, 0.5) is 4.79 Å². The topological polar surface area (TPSA) is 76.5 Å². The van der Waals surface area contributed by atoms with E-state index in [0.717, 1.165) is 36.9 Å². The van der Waals surface area contributed by atoms with Gasteiger partial charge in [-0.25, -0.2) is 9.48 Å². The number of carbonyl (C=O) groups excluding carboxylic acids is 2. The van der Waals surface area contributed by atoms with Crippen molar-refractivity contribution in [3.8, 4) is 0 Å². The van der Waals surface area contributed by atoms with Crippen LogP contribution in [0.5, 0.6) is 0 Å². The molecular weight excluding hydrogens is 452 g/mol. The van der Waals surface area contributed by atoms with Crippen molar-refractivity contribution < 1.29 is 14.3 Å². The first-order valence-electron chi connectivity index (χ1n) is 12.9. The van der Waals surface area contributed by atoms with Crippen molar-refractivity contribution in [3.05, 3.63) is 48.2 Å². The number of benzene rings is 1. The number of aromatic nitrogens is 2. The summed E-state index contributed by atoms with van der Waals surface area (Å²) >= 11 is 0. The molecule has 2 heterocycles. The Bertz CT molecular complexity index is 1210. The van der Waals surface area contributed by atoms with Gasteiger partial charge in [-0.15, -0.1) is 0 Å². The molecule has 0 bridgehead atoms. The van der Waals surface area contributed by atoms with Crippen LogP contribution >= 0.6 is 0 Å². The fourth-order valence-corrected chi connectivity index (χ4v) is 4.99. The molecule has 0 spiro atoms. The van der Waals surface area contributed by atoms with Crippen LogP contribution in [-0.4, -0.2) is 50.9 Å². The molecule has 36 heavy (non-hydrogen) atoms. The second-order valence-corrected chi connectivity index (χ2v) is 12.5. The zero-order chi connectivity index (χ0) is 26.3. The summed E-state index contributed by atoms with van der Waals surface area (Å²) in [6.07, 6.45) is 11.3. The van der Waals surface area contributed by atoms with Crippen molar-refractivity contribution >= 4 is 28.6 Å². The minimum absolute atomic E-state index is 0.0471. The van der Waals surface area contributed by atoms with Crippen LogP contribution in [0.3, 0.4) is 0 Å². The van der Waals surface area contributed by atoms with Gasteiger partial charge in [0.15, 0.2) is 0 Å². The first-order chi connectivity index (χ1) is 16.7. The van der Waals surface area contributed by atoms with E-state index in [1.165, 1.54) is 0 Å². The molecule has 2 aromatic rings.